The minimum Gasteiger partial charge on any atom is -0.423 e. The van der Waals surface area contributed by atoms with Gasteiger partial charge in [-0.05, 0) is 70.2 Å². The number of rotatable bonds is 5. The van der Waals surface area contributed by atoms with Gasteiger partial charge in [-0.25, -0.2) is 17.9 Å². The molecule has 26 heavy (non-hydrogen) atoms. The number of hydrogen-bond acceptors (Lipinski definition) is 5. The van der Waals surface area contributed by atoms with Gasteiger partial charge in [-0.15, -0.1) is 0 Å². The molecule has 7 heteroatoms. The van der Waals surface area contributed by atoms with E-state index in [9.17, 15) is 18.0 Å². The SMILES string of the molecule is CC(=O)c1ccc(OC(=O)c2cccc(S(=O)(=O)NC(C)(C)C)c2)cc1. The smallest absolute Gasteiger partial charge is 0.343 e. The Kier molecular flexibility index (Phi) is 5.63. The molecule has 0 saturated heterocycles. The molecule has 0 saturated carbocycles. The van der Waals surface area contributed by atoms with Gasteiger partial charge in [0.05, 0.1) is 10.5 Å². The maximum absolute atomic E-state index is 12.4. The molecule has 138 valence electrons. The first-order chi connectivity index (χ1) is 12.0. The van der Waals surface area contributed by atoms with E-state index in [1.165, 1.54) is 43.3 Å². The Morgan fingerprint density at radius 3 is 2.12 bits per heavy atom. The Balaban J connectivity index is 2.21. The van der Waals surface area contributed by atoms with Crippen LogP contribution in [0.15, 0.2) is 53.4 Å². The fourth-order valence-corrected chi connectivity index (χ4v) is 3.64. The normalized spacial score (nSPS) is 11.8. The zero-order chi connectivity index (χ0) is 19.5. The molecule has 0 amide bonds. The summed E-state index contributed by atoms with van der Waals surface area (Å²) in [5, 5.41) is 0. The predicted octanol–water partition coefficient (Wildman–Crippen LogP) is 3.19. The van der Waals surface area contributed by atoms with E-state index in [0.29, 0.717) is 5.56 Å². The van der Waals surface area contributed by atoms with Gasteiger partial charge >= 0.3 is 5.97 Å². The molecule has 0 aliphatic rings. The molecular weight excluding hydrogens is 354 g/mol. The molecule has 0 unspecified atom stereocenters. The van der Waals surface area contributed by atoms with Gasteiger partial charge in [0.1, 0.15) is 5.75 Å². The lowest BCUT2D eigenvalue weighted by Gasteiger charge is -2.20. The van der Waals surface area contributed by atoms with Crippen molar-refractivity contribution in [3.8, 4) is 5.75 Å². The molecule has 0 heterocycles. The van der Waals surface area contributed by atoms with E-state index in [1.807, 2.05) is 0 Å². The minimum atomic E-state index is -3.76. The van der Waals surface area contributed by atoms with Gasteiger partial charge in [-0.1, -0.05) is 6.07 Å². The second-order valence-corrected chi connectivity index (χ2v) is 8.54. The Labute approximate surface area is 153 Å². The molecule has 0 fully saturated rings. The van der Waals surface area contributed by atoms with E-state index in [2.05, 4.69) is 4.72 Å². The molecule has 2 rings (SSSR count). The summed E-state index contributed by atoms with van der Waals surface area (Å²) in [5.74, 6) is -0.512. The zero-order valence-electron chi connectivity index (χ0n) is 15.1. The van der Waals surface area contributed by atoms with E-state index < -0.39 is 21.5 Å². The average molecular weight is 375 g/mol. The highest BCUT2D eigenvalue weighted by Crippen LogP contribution is 2.18. The summed E-state index contributed by atoms with van der Waals surface area (Å²) in [5.41, 5.74) is -0.0306. The second kappa shape index (κ2) is 7.39. The maximum atomic E-state index is 12.4. The number of ketones is 1. The second-order valence-electron chi connectivity index (χ2n) is 6.85. The van der Waals surface area contributed by atoms with Crippen LogP contribution >= 0.6 is 0 Å². The Morgan fingerprint density at radius 1 is 0.962 bits per heavy atom. The van der Waals surface area contributed by atoms with E-state index >= 15 is 0 Å². The van der Waals surface area contributed by atoms with Gasteiger partial charge in [0, 0.05) is 11.1 Å². The van der Waals surface area contributed by atoms with Crippen molar-refractivity contribution >= 4 is 21.8 Å². The van der Waals surface area contributed by atoms with E-state index in [0.717, 1.165) is 0 Å². The van der Waals surface area contributed by atoms with Crippen molar-refractivity contribution in [2.75, 3.05) is 0 Å². The monoisotopic (exact) mass is 375 g/mol. The molecule has 2 aromatic rings. The predicted molar refractivity (Wildman–Crippen MR) is 97.9 cm³/mol. The van der Waals surface area contributed by atoms with Gasteiger partial charge in [0.2, 0.25) is 10.0 Å². The molecule has 0 aliphatic heterocycles. The number of carbonyl (C=O) groups is 2. The number of Topliss-reactive ketones (excluding diaryl/α,β-unsaturated/α-hetero) is 1. The van der Waals surface area contributed by atoms with Gasteiger partial charge in [0.15, 0.2) is 5.78 Å². The molecule has 0 aromatic heterocycles. The molecule has 0 spiro atoms. The van der Waals surface area contributed by atoms with Crippen LogP contribution in [-0.2, 0) is 10.0 Å². The molecular formula is C19H21NO5S. The lowest BCUT2D eigenvalue weighted by atomic mass is 10.1. The van der Waals surface area contributed by atoms with Crippen molar-refractivity contribution in [1.29, 1.82) is 0 Å². The first-order valence-corrected chi connectivity index (χ1v) is 9.43. The Hall–Kier alpha value is -2.51. The van der Waals surface area contributed by atoms with Gasteiger partial charge < -0.3 is 4.74 Å². The standard InChI is InChI=1S/C19H21NO5S/c1-13(21)14-8-10-16(11-9-14)25-18(22)15-6-5-7-17(12-15)26(23,24)20-19(2,3)4/h5-12,20H,1-4H3. The summed E-state index contributed by atoms with van der Waals surface area (Å²) in [7, 11) is -3.76. The van der Waals surface area contributed by atoms with Crippen LogP contribution in [0.5, 0.6) is 5.75 Å². The summed E-state index contributed by atoms with van der Waals surface area (Å²) >= 11 is 0. The van der Waals surface area contributed by atoms with Crippen molar-refractivity contribution in [2.45, 2.75) is 38.1 Å². The van der Waals surface area contributed by atoms with Crippen LogP contribution in [0.3, 0.4) is 0 Å². The number of nitrogens with one attached hydrogen (secondary N) is 1. The van der Waals surface area contributed by atoms with Crippen LogP contribution in [-0.4, -0.2) is 25.7 Å². The summed E-state index contributed by atoms with van der Waals surface area (Å²) in [6.07, 6.45) is 0. The van der Waals surface area contributed by atoms with Crippen LogP contribution < -0.4 is 9.46 Å². The molecule has 0 bridgehead atoms. The zero-order valence-corrected chi connectivity index (χ0v) is 15.9. The first kappa shape index (κ1) is 19.8. The third-order valence-corrected chi connectivity index (χ3v) is 5.05. The molecule has 6 nitrogen and oxygen atoms in total. The largest absolute Gasteiger partial charge is 0.423 e. The molecule has 1 N–H and O–H groups in total. The van der Waals surface area contributed by atoms with Gasteiger partial charge in [-0.2, -0.15) is 0 Å². The summed E-state index contributed by atoms with van der Waals surface area (Å²) in [4.78, 5) is 23.5. The highest BCUT2D eigenvalue weighted by molar-refractivity contribution is 7.89. The number of ether oxygens (including phenoxy) is 1. The average Bonchev–Trinajstić information content (AvgIpc) is 2.53. The summed E-state index contributed by atoms with van der Waals surface area (Å²) in [6.45, 7) is 6.63. The molecule has 0 aliphatic carbocycles. The fourth-order valence-electron chi connectivity index (χ4n) is 2.18. The van der Waals surface area contributed by atoms with Crippen molar-refractivity contribution < 1.29 is 22.7 Å². The number of esters is 1. The highest BCUT2D eigenvalue weighted by Gasteiger charge is 2.23. The molecule has 2 aromatic carbocycles. The van der Waals surface area contributed by atoms with Crippen LogP contribution in [0.25, 0.3) is 0 Å². The fraction of sp³-hybridized carbons (Fsp3) is 0.263. The van der Waals surface area contributed by atoms with Crippen LogP contribution in [0.4, 0.5) is 0 Å². The Bertz CT molecular complexity index is 925. The summed E-state index contributed by atoms with van der Waals surface area (Å²) in [6, 6.07) is 11.8. The van der Waals surface area contributed by atoms with Crippen LogP contribution in [0.2, 0.25) is 0 Å². The lowest BCUT2D eigenvalue weighted by molar-refractivity contribution is 0.0734. The van der Waals surface area contributed by atoms with Crippen molar-refractivity contribution in [2.24, 2.45) is 0 Å². The molecule has 0 atom stereocenters. The Morgan fingerprint density at radius 2 is 1.58 bits per heavy atom. The van der Waals surface area contributed by atoms with Crippen molar-refractivity contribution in [1.82, 2.24) is 4.72 Å². The molecule has 0 radical (unpaired) electrons. The van der Waals surface area contributed by atoms with Gasteiger partial charge in [-0.3, -0.25) is 4.79 Å². The lowest BCUT2D eigenvalue weighted by Crippen LogP contribution is -2.40. The number of carbonyl (C=O) groups excluding carboxylic acids is 2. The minimum absolute atomic E-state index is 0.0196. The number of sulfonamides is 1. The quantitative estimate of drug-likeness (QED) is 0.492. The number of benzene rings is 2. The highest BCUT2D eigenvalue weighted by atomic mass is 32.2. The van der Waals surface area contributed by atoms with E-state index in [4.69, 9.17) is 4.74 Å². The van der Waals surface area contributed by atoms with Crippen LogP contribution in [0.1, 0.15) is 48.4 Å². The van der Waals surface area contributed by atoms with E-state index in [-0.39, 0.29) is 22.0 Å². The summed E-state index contributed by atoms with van der Waals surface area (Å²) < 4.78 is 32.5. The van der Waals surface area contributed by atoms with Crippen molar-refractivity contribution in [3.63, 3.8) is 0 Å². The third-order valence-electron chi connectivity index (χ3n) is 3.29. The van der Waals surface area contributed by atoms with E-state index in [1.54, 1.807) is 32.9 Å². The maximum Gasteiger partial charge on any atom is 0.343 e. The topological polar surface area (TPSA) is 89.5 Å². The van der Waals surface area contributed by atoms with Crippen LogP contribution in [0, 0.1) is 0 Å². The van der Waals surface area contributed by atoms with Gasteiger partial charge in [0.25, 0.3) is 0 Å². The first-order valence-electron chi connectivity index (χ1n) is 7.95. The van der Waals surface area contributed by atoms with Crippen molar-refractivity contribution in [3.05, 3.63) is 59.7 Å². The third kappa shape index (κ3) is 5.24. The number of hydrogen-bond donors (Lipinski definition) is 1.